The Bertz CT molecular complexity index is 468. The molecule has 1 aliphatic heterocycles. The third-order valence-corrected chi connectivity index (χ3v) is 2.86. The van der Waals surface area contributed by atoms with Crippen molar-refractivity contribution in [2.24, 2.45) is 0 Å². The quantitative estimate of drug-likeness (QED) is 0.711. The molecular formula is C10H14N4O3. The van der Waals surface area contributed by atoms with Gasteiger partial charge in [-0.3, -0.25) is 9.48 Å². The summed E-state index contributed by atoms with van der Waals surface area (Å²) in [6, 6.07) is -0.374. The Morgan fingerprint density at radius 2 is 2.35 bits per heavy atom. The van der Waals surface area contributed by atoms with E-state index in [-0.39, 0.29) is 23.3 Å². The number of hydrogen-bond acceptors (Lipinski definition) is 5. The fourth-order valence-corrected chi connectivity index (χ4v) is 1.87. The molecule has 1 aliphatic rings. The van der Waals surface area contributed by atoms with Crippen molar-refractivity contribution in [3.05, 3.63) is 11.9 Å². The molecule has 92 valence electrons. The normalized spacial score (nSPS) is 19.8. The number of nitrogens with zero attached hydrogens (tertiary/aromatic N) is 3. The maximum atomic E-state index is 11.8. The van der Waals surface area contributed by atoms with Crippen LogP contribution in [0.15, 0.2) is 6.20 Å². The molecule has 0 radical (unpaired) electrons. The number of esters is 1. The van der Waals surface area contributed by atoms with E-state index in [0.29, 0.717) is 13.0 Å². The van der Waals surface area contributed by atoms with Gasteiger partial charge in [0.1, 0.15) is 6.04 Å². The van der Waals surface area contributed by atoms with E-state index < -0.39 is 5.97 Å². The lowest BCUT2D eigenvalue weighted by molar-refractivity contribution is -0.129. The number of likely N-dealkylation sites (N-methyl/N-ethyl adjacent to an activating group) is 1. The number of rotatable bonds is 2. The SMILES string of the molecule is COC(=O)c1nn(C2CCN(C)C2=O)cc1N. The molecule has 1 amide bonds. The van der Waals surface area contributed by atoms with Crippen molar-refractivity contribution in [3.63, 3.8) is 0 Å². The van der Waals surface area contributed by atoms with E-state index in [1.807, 2.05) is 0 Å². The zero-order valence-electron chi connectivity index (χ0n) is 9.71. The van der Waals surface area contributed by atoms with Crippen molar-refractivity contribution in [3.8, 4) is 0 Å². The van der Waals surface area contributed by atoms with E-state index in [4.69, 9.17) is 5.73 Å². The first-order valence-corrected chi connectivity index (χ1v) is 5.22. The first-order valence-electron chi connectivity index (χ1n) is 5.22. The van der Waals surface area contributed by atoms with E-state index in [9.17, 15) is 9.59 Å². The van der Waals surface area contributed by atoms with Crippen LogP contribution in [0.25, 0.3) is 0 Å². The van der Waals surface area contributed by atoms with Crippen LogP contribution in [0.2, 0.25) is 0 Å². The van der Waals surface area contributed by atoms with Crippen molar-refractivity contribution >= 4 is 17.6 Å². The lowest BCUT2D eigenvalue weighted by atomic mass is 10.2. The van der Waals surface area contributed by atoms with Gasteiger partial charge in [-0.25, -0.2) is 4.79 Å². The summed E-state index contributed by atoms with van der Waals surface area (Å²) in [4.78, 5) is 24.7. The molecule has 1 saturated heterocycles. The Balaban J connectivity index is 2.29. The summed E-state index contributed by atoms with van der Waals surface area (Å²) in [7, 11) is 2.99. The first kappa shape index (κ1) is 11.4. The number of nitrogens with two attached hydrogens (primary N) is 1. The molecular weight excluding hydrogens is 224 g/mol. The van der Waals surface area contributed by atoms with Crippen LogP contribution in [0.3, 0.4) is 0 Å². The first-order chi connectivity index (χ1) is 8.04. The van der Waals surface area contributed by atoms with Gasteiger partial charge in [0, 0.05) is 19.8 Å². The molecule has 0 spiro atoms. The molecule has 7 heteroatoms. The van der Waals surface area contributed by atoms with Crippen LogP contribution < -0.4 is 5.73 Å². The van der Waals surface area contributed by atoms with Crippen molar-refractivity contribution in [1.29, 1.82) is 0 Å². The molecule has 2 N–H and O–H groups in total. The van der Waals surface area contributed by atoms with E-state index in [1.54, 1.807) is 11.9 Å². The third-order valence-electron chi connectivity index (χ3n) is 2.86. The highest BCUT2D eigenvalue weighted by molar-refractivity contribution is 5.92. The Morgan fingerprint density at radius 3 is 2.88 bits per heavy atom. The van der Waals surface area contributed by atoms with Gasteiger partial charge in [0.25, 0.3) is 0 Å². The maximum Gasteiger partial charge on any atom is 0.360 e. The lowest BCUT2D eigenvalue weighted by Crippen LogP contribution is -2.24. The monoisotopic (exact) mass is 238 g/mol. The molecule has 1 atom stereocenters. The van der Waals surface area contributed by atoms with Gasteiger partial charge in [0.05, 0.1) is 12.8 Å². The average molecular weight is 238 g/mol. The van der Waals surface area contributed by atoms with Gasteiger partial charge >= 0.3 is 5.97 Å². The topological polar surface area (TPSA) is 90.5 Å². The summed E-state index contributed by atoms with van der Waals surface area (Å²) in [5.41, 5.74) is 5.93. The summed E-state index contributed by atoms with van der Waals surface area (Å²) >= 11 is 0. The summed E-state index contributed by atoms with van der Waals surface area (Å²) in [6.07, 6.45) is 2.16. The average Bonchev–Trinajstić information content (AvgIpc) is 2.83. The van der Waals surface area contributed by atoms with Crippen molar-refractivity contribution in [2.75, 3.05) is 26.4 Å². The number of carbonyl (C=O) groups is 2. The third kappa shape index (κ3) is 1.83. The smallest absolute Gasteiger partial charge is 0.360 e. The largest absolute Gasteiger partial charge is 0.464 e. The zero-order chi connectivity index (χ0) is 12.6. The van der Waals surface area contributed by atoms with Crippen molar-refractivity contribution in [1.82, 2.24) is 14.7 Å². The summed E-state index contributed by atoms with van der Waals surface area (Å²) in [5.74, 6) is -0.621. The maximum absolute atomic E-state index is 11.8. The molecule has 7 nitrogen and oxygen atoms in total. The zero-order valence-corrected chi connectivity index (χ0v) is 9.71. The second-order valence-electron chi connectivity index (χ2n) is 3.97. The van der Waals surface area contributed by atoms with Gasteiger partial charge < -0.3 is 15.4 Å². The van der Waals surface area contributed by atoms with Crippen LogP contribution in [-0.4, -0.2) is 47.3 Å². The summed E-state index contributed by atoms with van der Waals surface area (Å²) < 4.78 is 5.99. The number of hydrogen-bond donors (Lipinski definition) is 1. The van der Waals surface area contributed by atoms with Crippen LogP contribution in [0.5, 0.6) is 0 Å². The predicted molar refractivity (Wildman–Crippen MR) is 59.3 cm³/mol. The van der Waals surface area contributed by atoms with Gasteiger partial charge in [-0.15, -0.1) is 0 Å². The molecule has 0 aliphatic carbocycles. The number of aromatic nitrogens is 2. The number of nitrogen functional groups attached to an aromatic ring is 1. The van der Waals surface area contributed by atoms with Gasteiger partial charge in [-0.2, -0.15) is 5.10 Å². The highest BCUT2D eigenvalue weighted by Gasteiger charge is 2.32. The number of carbonyl (C=O) groups excluding carboxylic acids is 2. The molecule has 2 rings (SSSR count). The molecule has 1 fully saturated rings. The van der Waals surface area contributed by atoms with Crippen LogP contribution in [0, 0.1) is 0 Å². The molecule has 2 heterocycles. The van der Waals surface area contributed by atoms with Crippen LogP contribution in [-0.2, 0) is 9.53 Å². The van der Waals surface area contributed by atoms with Gasteiger partial charge in [-0.1, -0.05) is 0 Å². The molecule has 1 aromatic heterocycles. The highest BCUT2D eigenvalue weighted by Crippen LogP contribution is 2.23. The molecule has 17 heavy (non-hydrogen) atoms. The minimum atomic E-state index is -0.597. The minimum Gasteiger partial charge on any atom is -0.464 e. The molecule has 0 bridgehead atoms. The lowest BCUT2D eigenvalue weighted by Gasteiger charge is -2.10. The summed E-state index contributed by atoms with van der Waals surface area (Å²) in [5, 5.41) is 4.02. The fraction of sp³-hybridized carbons (Fsp3) is 0.500. The molecule has 0 aromatic carbocycles. The van der Waals surface area contributed by atoms with Crippen molar-refractivity contribution < 1.29 is 14.3 Å². The Labute approximate surface area is 98.1 Å². The van der Waals surface area contributed by atoms with Gasteiger partial charge in [-0.05, 0) is 6.42 Å². The number of anilines is 1. The van der Waals surface area contributed by atoms with E-state index in [2.05, 4.69) is 9.84 Å². The Morgan fingerprint density at radius 1 is 1.65 bits per heavy atom. The molecule has 0 saturated carbocycles. The van der Waals surface area contributed by atoms with E-state index in [0.717, 1.165) is 0 Å². The number of methoxy groups -OCH3 is 1. The Hall–Kier alpha value is -2.05. The fourth-order valence-electron chi connectivity index (χ4n) is 1.87. The standard InChI is InChI=1S/C10H14N4O3/c1-13-4-3-7(9(13)15)14-5-6(11)8(12-14)10(16)17-2/h5,7H,3-4,11H2,1-2H3. The molecule has 1 unspecified atom stereocenters. The summed E-state index contributed by atoms with van der Waals surface area (Å²) in [6.45, 7) is 0.677. The number of amides is 1. The van der Waals surface area contributed by atoms with Crippen LogP contribution >= 0.6 is 0 Å². The van der Waals surface area contributed by atoms with Gasteiger partial charge in [0.2, 0.25) is 5.91 Å². The van der Waals surface area contributed by atoms with E-state index >= 15 is 0 Å². The van der Waals surface area contributed by atoms with Crippen LogP contribution in [0.1, 0.15) is 23.0 Å². The minimum absolute atomic E-state index is 0.0242. The second-order valence-corrected chi connectivity index (χ2v) is 3.97. The predicted octanol–water partition coefficient (Wildman–Crippen LogP) is -0.345. The van der Waals surface area contributed by atoms with Crippen LogP contribution in [0.4, 0.5) is 5.69 Å². The van der Waals surface area contributed by atoms with E-state index in [1.165, 1.54) is 18.0 Å². The van der Waals surface area contributed by atoms with Crippen molar-refractivity contribution in [2.45, 2.75) is 12.5 Å². The number of ether oxygens (including phenoxy) is 1. The number of likely N-dealkylation sites (tertiary alicyclic amines) is 1. The second kappa shape index (κ2) is 4.08. The Kier molecular flexibility index (Phi) is 2.74. The van der Waals surface area contributed by atoms with Gasteiger partial charge in [0.15, 0.2) is 5.69 Å². The highest BCUT2D eigenvalue weighted by atomic mass is 16.5. The molecule has 1 aromatic rings.